The summed E-state index contributed by atoms with van der Waals surface area (Å²) in [6.45, 7) is 2.81. The molecule has 0 fully saturated rings. The van der Waals surface area contributed by atoms with Gasteiger partial charge < -0.3 is 20.4 Å². The highest BCUT2D eigenvalue weighted by molar-refractivity contribution is 5.76. The van der Waals surface area contributed by atoms with Gasteiger partial charge >= 0.3 is 5.97 Å². The molecule has 0 saturated heterocycles. The topological polar surface area (TPSA) is 145 Å². The van der Waals surface area contributed by atoms with Crippen molar-refractivity contribution in [2.24, 2.45) is 0 Å². The minimum atomic E-state index is -0.417. The zero-order valence-corrected chi connectivity index (χ0v) is 13.4. The van der Waals surface area contributed by atoms with Gasteiger partial charge in [-0.1, -0.05) is 0 Å². The van der Waals surface area contributed by atoms with Crippen LogP contribution in [0.3, 0.4) is 0 Å². The van der Waals surface area contributed by atoms with E-state index in [1.54, 1.807) is 11.5 Å². The fourth-order valence-corrected chi connectivity index (χ4v) is 2.14. The Kier molecular flexibility index (Phi) is 5.88. The predicted octanol–water partition coefficient (Wildman–Crippen LogP) is -0.449. The maximum atomic E-state index is 11.8. The third-order valence-electron chi connectivity index (χ3n) is 3.26. The van der Waals surface area contributed by atoms with E-state index in [2.05, 4.69) is 20.3 Å². The van der Waals surface area contributed by atoms with Crippen LogP contribution in [-0.4, -0.2) is 44.5 Å². The lowest BCUT2D eigenvalue weighted by molar-refractivity contribution is -0.143. The summed E-state index contributed by atoms with van der Waals surface area (Å²) in [6.07, 6.45) is 2.43. The molecule has 0 bridgehead atoms. The summed E-state index contributed by atoms with van der Waals surface area (Å²) in [5.41, 5.74) is 5.61. The Morgan fingerprint density at radius 2 is 2.21 bits per heavy atom. The average Bonchev–Trinajstić information content (AvgIpc) is 2.93. The lowest BCUT2D eigenvalue weighted by Gasteiger charge is -2.06. The summed E-state index contributed by atoms with van der Waals surface area (Å²) in [5, 5.41) is 2.72. The first-order valence-corrected chi connectivity index (χ1v) is 7.64. The fourth-order valence-electron chi connectivity index (χ4n) is 2.14. The number of aromatic nitrogens is 4. The second-order valence-corrected chi connectivity index (χ2v) is 5.07. The fraction of sp³-hybridized carbons (Fsp3) is 0.500. The molecule has 2 rings (SSSR count). The maximum Gasteiger partial charge on any atom is 0.305 e. The SMILES string of the molecule is CCOC(=O)CCCNC(=O)CCn1cnc2c(=O)[nH]c(N)nc21. The molecule has 0 spiro atoms. The second-order valence-electron chi connectivity index (χ2n) is 5.07. The van der Waals surface area contributed by atoms with E-state index in [0.29, 0.717) is 31.8 Å². The number of nitrogen functional groups attached to an aromatic ring is 1. The van der Waals surface area contributed by atoms with Crippen LogP contribution in [0.1, 0.15) is 26.2 Å². The van der Waals surface area contributed by atoms with E-state index >= 15 is 0 Å². The smallest absolute Gasteiger partial charge is 0.305 e. The number of nitrogens with one attached hydrogen (secondary N) is 2. The van der Waals surface area contributed by atoms with Crippen molar-refractivity contribution in [3.05, 3.63) is 16.7 Å². The molecule has 1 amide bonds. The van der Waals surface area contributed by atoms with E-state index in [0.717, 1.165) is 0 Å². The third kappa shape index (κ3) is 4.54. The van der Waals surface area contributed by atoms with Crippen LogP contribution in [-0.2, 0) is 20.9 Å². The number of aromatic amines is 1. The quantitative estimate of drug-likeness (QED) is 0.437. The molecule has 0 unspecified atom stereocenters. The van der Waals surface area contributed by atoms with Gasteiger partial charge in [-0.05, 0) is 13.3 Å². The van der Waals surface area contributed by atoms with Crippen LogP contribution < -0.4 is 16.6 Å². The Balaban J connectivity index is 1.80. The molecular weight excluding hydrogens is 316 g/mol. The number of hydrogen-bond donors (Lipinski definition) is 3. The molecule has 2 aromatic heterocycles. The predicted molar refractivity (Wildman–Crippen MR) is 86.1 cm³/mol. The number of amides is 1. The van der Waals surface area contributed by atoms with Gasteiger partial charge in [-0.2, -0.15) is 4.98 Å². The number of carbonyl (C=O) groups excluding carboxylic acids is 2. The van der Waals surface area contributed by atoms with Crippen molar-refractivity contribution in [2.45, 2.75) is 32.7 Å². The average molecular weight is 336 g/mol. The van der Waals surface area contributed by atoms with Gasteiger partial charge in [-0.15, -0.1) is 0 Å². The number of carbonyl (C=O) groups is 2. The molecule has 130 valence electrons. The first kappa shape index (κ1) is 17.4. The van der Waals surface area contributed by atoms with Crippen molar-refractivity contribution in [3.63, 3.8) is 0 Å². The Bertz CT molecular complexity index is 781. The highest BCUT2D eigenvalue weighted by Gasteiger charge is 2.10. The summed E-state index contributed by atoms with van der Waals surface area (Å²) in [7, 11) is 0. The van der Waals surface area contributed by atoms with Gasteiger partial charge in [0.25, 0.3) is 5.56 Å². The van der Waals surface area contributed by atoms with Gasteiger partial charge in [0, 0.05) is 25.9 Å². The Morgan fingerprint density at radius 3 is 2.96 bits per heavy atom. The molecule has 0 aromatic carbocycles. The number of ether oxygens (including phenoxy) is 1. The number of nitrogens with two attached hydrogens (primary N) is 1. The summed E-state index contributed by atoms with van der Waals surface area (Å²) >= 11 is 0. The van der Waals surface area contributed by atoms with Crippen LogP contribution in [0.5, 0.6) is 0 Å². The number of aryl methyl sites for hydroxylation is 1. The first-order chi connectivity index (χ1) is 11.5. The molecule has 10 nitrogen and oxygen atoms in total. The molecule has 2 aromatic rings. The van der Waals surface area contributed by atoms with Crippen molar-refractivity contribution >= 4 is 29.0 Å². The number of anilines is 1. The molecule has 10 heteroatoms. The highest BCUT2D eigenvalue weighted by Crippen LogP contribution is 2.07. The van der Waals surface area contributed by atoms with Gasteiger partial charge in [0.2, 0.25) is 11.9 Å². The molecule has 0 atom stereocenters. The van der Waals surface area contributed by atoms with Crippen molar-refractivity contribution in [3.8, 4) is 0 Å². The van der Waals surface area contributed by atoms with E-state index in [1.165, 1.54) is 6.33 Å². The normalized spacial score (nSPS) is 10.7. The molecule has 2 heterocycles. The van der Waals surface area contributed by atoms with E-state index in [9.17, 15) is 14.4 Å². The van der Waals surface area contributed by atoms with E-state index in [4.69, 9.17) is 10.5 Å². The van der Waals surface area contributed by atoms with Crippen LogP contribution in [0, 0.1) is 0 Å². The number of fused-ring (bicyclic) bond motifs is 1. The highest BCUT2D eigenvalue weighted by atomic mass is 16.5. The van der Waals surface area contributed by atoms with Gasteiger partial charge in [0.1, 0.15) is 0 Å². The van der Waals surface area contributed by atoms with Crippen molar-refractivity contribution in [1.29, 1.82) is 0 Å². The number of nitrogens with zero attached hydrogens (tertiary/aromatic N) is 3. The minimum absolute atomic E-state index is 0.00216. The number of imidazole rings is 1. The van der Waals surface area contributed by atoms with E-state index in [-0.39, 0.29) is 36.2 Å². The van der Waals surface area contributed by atoms with Crippen molar-refractivity contribution < 1.29 is 14.3 Å². The zero-order chi connectivity index (χ0) is 17.5. The van der Waals surface area contributed by atoms with Gasteiger partial charge in [-0.25, -0.2) is 4.98 Å². The lowest BCUT2D eigenvalue weighted by atomic mass is 10.3. The van der Waals surface area contributed by atoms with Crippen molar-refractivity contribution in [2.75, 3.05) is 18.9 Å². The van der Waals surface area contributed by atoms with E-state index in [1.807, 2.05) is 0 Å². The third-order valence-corrected chi connectivity index (χ3v) is 3.26. The molecular formula is C14H20N6O4. The Morgan fingerprint density at radius 1 is 1.42 bits per heavy atom. The molecule has 4 N–H and O–H groups in total. The number of esters is 1. The van der Waals surface area contributed by atoms with Crippen LogP contribution >= 0.6 is 0 Å². The summed E-state index contributed by atoms with van der Waals surface area (Å²) in [4.78, 5) is 45.0. The zero-order valence-electron chi connectivity index (χ0n) is 13.4. The Labute approximate surface area is 137 Å². The van der Waals surface area contributed by atoms with Gasteiger partial charge in [0.05, 0.1) is 12.9 Å². The molecule has 24 heavy (non-hydrogen) atoms. The molecule has 0 aliphatic heterocycles. The molecule has 0 aliphatic carbocycles. The maximum absolute atomic E-state index is 11.8. The van der Waals surface area contributed by atoms with Crippen LogP contribution in [0.25, 0.3) is 11.2 Å². The number of H-pyrrole nitrogens is 1. The standard InChI is InChI=1S/C14H20N6O4/c1-2-24-10(22)4-3-6-16-9(21)5-7-20-8-17-11-12(20)18-14(15)19-13(11)23/h8H,2-7H2,1H3,(H,16,21)(H3,15,18,19,23). The van der Waals surface area contributed by atoms with Crippen LogP contribution in [0.4, 0.5) is 5.95 Å². The first-order valence-electron chi connectivity index (χ1n) is 7.64. The summed E-state index contributed by atoms with van der Waals surface area (Å²) < 4.78 is 6.39. The van der Waals surface area contributed by atoms with Gasteiger partial charge in [-0.3, -0.25) is 19.4 Å². The molecule has 0 radical (unpaired) electrons. The Hall–Kier alpha value is -2.91. The molecule has 0 aliphatic rings. The molecule has 0 saturated carbocycles. The number of rotatable bonds is 8. The van der Waals surface area contributed by atoms with E-state index < -0.39 is 5.56 Å². The lowest BCUT2D eigenvalue weighted by Crippen LogP contribution is -2.26. The second kappa shape index (κ2) is 8.09. The van der Waals surface area contributed by atoms with Crippen molar-refractivity contribution in [1.82, 2.24) is 24.8 Å². The number of hydrogen-bond acceptors (Lipinski definition) is 7. The summed E-state index contributed by atoms with van der Waals surface area (Å²) in [6, 6.07) is 0. The van der Waals surface area contributed by atoms with Crippen LogP contribution in [0.2, 0.25) is 0 Å². The summed E-state index contributed by atoms with van der Waals surface area (Å²) in [5.74, 6) is -0.443. The minimum Gasteiger partial charge on any atom is -0.466 e. The monoisotopic (exact) mass is 336 g/mol. The van der Waals surface area contributed by atoms with Gasteiger partial charge in [0.15, 0.2) is 11.2 Å². The largest absolute Gasteiger partial charge is 0.466 e. The van der Waals surface area contributed by atoms with Crippen LogP contribution in [0.15, 0.2) is 11.1 Å².